The Kier molecular flexibility index (Phi) is 5.26. The number of morpholine rings is 1. The van der Waals surface area contributed by atoms with Crippen LogP contribution >= 0.6 is 0 Å². The van der Waals surface area contributed by atoms with Gasteiger partial charge in [0.2, 0.25) is 5.91 Å². The number of likely N-dealkylation sites (tertiary alicyclic amines) is 1. The van der Waals surface area contributed by atoms with E-state index in [2.05, 4.69) is 42.7 Å². The summed E-state index contributed by atoms with van der Waals surface area (Å²) in [5, 5.41) is 0. The second kappa shape index (κ2) is 7.24. The number of hydrogen-bond donors (Lipinski definition) is 0. The van der Waals surface area contributed by atoms with E-state index in [1.54, 1.807) is 0 Å². The van der Waals surface area contributed by atoms with Crippen molar-refractivity contribution in [2.45, 2.75) is 33.2 Å². The van der Waals surface area contributed by atoms with Gasteiger partial charge in [0.1, 0.15) is 0 Å². The molecule has 4 heteroatoms. The van der Waals surface area contributed by atoms with Gasteiger partial charge in [0.25, 0.3) is 0 Å². The summed E-state index contributed by atoms with van der Waals surface area (Å²) in [6.07, 6.45) is 0.791. The molecule has 2 aliphatic rings. The van der Waals surface area contributed by atoms with Crippen molar-refractivity contribution in [3.63, 3.8) is 0 Å². The number of nitrogens with zero attached hydrogens (tertiary/aromatic N) is 2. The van der Waals surface area contributed by atoms with Crippen molar-refractivity contribution >= 4 is 5.91 Å². The van der Waals surface area contributed by atoms with Crippen molar-refractivity contribution in [1.82, 2.24) is 9.80 Å². The van der Waals surface area contributed by atoms with Crippen molar-refractivity contribution in [3.05, 3.63) is 35.9 Å². The SMILES string of the molecule is C[C@@H]1CN(C(=O)C(C)(C)Cc2ccccc2)C[C@H]1N1CCOCC1. The molecule has 0 radical (unpaired) electrons. The zero-order valence-corrected chi connectivity index (χ0v) is 15.2. The maximum absolute atomic E-state index is 13.1. The summed E-state index contributed by atoms with van der Waals surface area (Å²) >= 11 is 0. The van der Waals surface area contributed by atoms with Crippen LogP contribution in [-0.4, -0.2) is 61.1 Å². The summed E-state index contributed by atoms with van der Waals surface area (Å²) in [5.74, 6) is 0.813. The van der Waals surface area contributed by atoms with Crippen LogP contribution in [0.5, 0.6) is 0 Å². The average molecular weight is 330 g/mol. The number of carbonyl (C=O) groups is 1. The van der Waals surface area contributed by atoms with Gasteiger partial charge in [0.05, 0.1) is 13.2 Å². The van der Waals surface area contributed by atoms with E-state index in [1.165, 1.54) is 5.56 Å². The molecule has 24 heavy (non-hydrogen) atoms. The molecule has 1 aromatic carbocycles. The van der Waals surface area contributed by atoms with E-state index in [-0.39, 0.29) is 11.3 Å². The van der Waals surface area contributed by atoms with E-state index in [9.17, 15) is 4.79 Å². The monoisotopic (exact) mass is 330 g/mol. The van der Waals surface area contributed by atoms with Crippen molar-refractivity contribution in [2.75, 3.05) is 39.4 Å². The quantitative estimate of drug-likeness (QED) is 0.850. The standard InChI is InChI=1S/C20H30N2O2/c1-16-14-22(15-18(16)21-9-11-24-12-10-21)19(23)20(2,3)13-17-7-5-4-6-8-17/h4-8,16,18H,9-15H2,1-3H3/t16-,18-/m1/s1. The number of rotatable bonds is 4. The Balaban J connectivity index is 1.64. The molecule has 0 spiro atoms. The van der Waals surface area contributed by atoms with E-state index in [4.69, 9.17) is 4.74 Å². The van der Waals surface area contributed by atoms with Gasteiger partial charge in [-0.15, -0.1) is 0 Å². The minimum atomic E-state index is -0.360. The van der Waals surface area contributed by atoms with E-state index in [0.717, 1.165) is 45.8 Å². The normalized spacial score (nSPS) is 25.9. The summed E-state index contributed by atoms with van der Waals surface area (Å²) in [6.45, 7) is 11.8. The van der Waals surface area contributed by atoms with Crippen molar-refractivity contribution < 1.29 is 9.53 Å². The highest BCUT2D eigenvalue weighted by molar-refractivity contribution is 5.82. The smallest absolute Gasteiger partial charge is 0.228 e. The number of amides is 1. The largest absolute Gasteiger partial charge is 0.379 e. The van der Waals surface area contributed by atoms with E-state index in [0.29, 0.717) is 12.0 Å². The van der Waals surface area contributed by atoms with Crippen molar-refractivity contribution in [1.29, 1.82) is 0 Å². The molecule has 2 aliphatic heterocycles. The number of benzene rings is 1. The molecule has 0 unspecified atom stereocenters. The first-order valence-corrected chi connectivity index (χ1v) is 9.12. The molecule has 0 aliphatic carbocycles. The predicted octanol–water partition coefficient (Wildman–Crippen LogP) is 2.43. The molecule has 2 heterocycles. The third-order valence-electron chi connectivity index (χ3n) is 5.44. The Hall–Kier alpha value is -1.39. The van der Waals surface area contributed by atoms with E-state index in [1.807, 2.05) is 18.2 Å². The molecule has 2 atom stereocenters. The van der Waals surface area contributed by atoms with Gasteiger partial charge in [-0.05, 0) is 17.9 Å². The van der Waals surface area contributed by atoms with Gasteiger partial charge >= 0.3 is 0 Å². The van der Waals surface area contributed by atoms with Crippen LogP contribution in [0.15, 0.2) is 30.3 Å². The minimum absolute atomic E-state index is 0.286. The molecular formula is C20H30N2O2. The molecule has 0 aromatic heterocycles. The van der Waals surface area contributed by atoms with Crippen molar-refractivity contribution in [2.24, 2.45) is 11.3 Å². The van der Waals surface area contributed by atoms with E-state index >= 15 is 0 Å². The van der Waals surface area contributed by atoms with Gasteiger partial charge in [-0.3, -0.25) is 9.69 Å². The van der Waals surface area contributed by atoms with E-state index < -0.39 is 0 Å². The third kappa shape index (κ3) is 3.81. The Labute approximate surface area is 145 Å². The molecule has 1 aromatic rings. The van der Waals surface area contributed by atoms with Crippen LogP contribution in [0, 0.1) is 11.3 Å². The molecular weight excluding hydrogens is 300 g/mol. The molecule has 2 saturated heterocycles. The van der Waals surface area contributed by atoms with Crippen LogP contribution < -0.4 is 0 Å². The summed E-state index contributed by atoms with van der Waals surface area (Å²) < 4.78 is 5.47. The lowest BCUT2D eigenvalue weighted by molar-refractivity contribution is -0.139. The lowest BCUT2D eigenvalue weighted by Crippen LogP contribution is -2.48. The second-order valence-corrected chi connectivity index (χ2v) is 7.95. The summed E-state index contributed by atoms with van der Waals surface area (Å²) in [4.78, 5) is 17.7. The maximum Gasteiger partial charge on any atom is 0.228 e. The lowest BCUT2D eigenvalue weighted by atomic mass is 9.84. The number of hydrogen-bond acceptors (Lipinski definition) is 3. The molecule has 1 amide bonds. The highest BCUT2D eigenvalue weighted by atomic mass is 16.5. The molecule has 3 rings (SSSR count). The Morgan fingerprint density at radius 3 is 2.50 bits per heavy atom. The first-order chi connectivity index (χ1) is 11.5. The highest BCUT2D eigenvalue weighted by Crippen LogP contribution is 2.30. The first-order valence-electron chi connectivity index (χ1n) is 9.12. The molecule has 0 N–H and O–H groups in total. The maximum atomic E-state index is 13.1. The zero-order chi connectivity index (χ0) is 17.2. The van der Waals surface area contributed by atoms with Gasteiger partial charge in [0.15, 0.2) is 0 Å². The van der Waals surface area contributed by atoms with Crippen molar-refractivity contribution in [3.8, 4) is 0 Å². The van der Waals surface area contributed by atoms with Crippen LogP contribution in [0.2, 0.25) is 0 Å². The van der Waals surface area contributed by atoms with Crippen LogP contribution in [0.1, 0.15) is 26.3 Å². The Morgan fingerprint density at radius 2 is 1.83 bits per heavy atom. The molecule has 0 bridgehead atoms. The fraction of sp³-hybridized carbons (Fsp3) is 0.650. The topological polar surface area (TPSA) is 32.8 Å². The molecule has 2 fully saturated rings. The average Bonchev–Trinajstić information content (AvgIpc) is 2.97. The van der Waals surface area contributed by atoms with Gasteiger partial charge in [-0.25, -0.2) is 0 Å². The molecule has 4 nitrogen and oxygen atoms in total. The van der Waals surface area contributed by atoms with Gasteiger partial charge in [-0.1, -0.05) is 51.1 Å². The fourth-order valence-electron chi connectivity index (χ4n) is 4.11. The van der Waals surface area contributed by atoms with Crippen LogP contribution in [0.3, 0.4) is 0 Å². The minimum Gasteiger partial charge on any atom is -0.379 e. The zero-order valence-electron chi connectivity index (χ0n) is 15.2. The van der Waals surface area contributed by atoms with Crippen LogP contribution in [0.4, 0.5) is 0 Å². The Bertz CT molecular complexity index is 552. The fourth-order valence-corrected chi connectivity index (χ4v) is 4.11. The third-order valence-corrected chi connectivity index (χ3v) is 5.44. The number of carbonyl (C=O) groups excluding carboxylic acids is 1. The van der Waals surface area contributed by atoms with Gasteiger partial charge in [0, 0.05) is 37.6 Å². The van der Waals surface area contributed by atoms with Crippen LogP contribution in [-0.2, 0) is 16.0 Å². The van der Waals surface area contributed by atoms with Gasteiger partial charge in [-0.2, -0.15) is 0 Å². The lowest BCUT2D eigenvalue weighted by Gasteiger charge is -2.34. The Morgan fingerprint density at radius 1 is 1.17 bits per heavy atom. The molecule has 0 saturated carbocycles. The molecule has 132 valence electrons. The van der Waals surface area contributed by atoms with Crippen LogP contribution in [0.25, 0.3) is 0 Å². The summed E-state index contributed by atoms with van der Waals surface area (Å²) in [6, 6.07) is 10.8. The predicted molar refractivity (Wildman–Crippen MR) is 95.9 cm³/mol. The highest BCUT2D eigenvalue weighted by Gasteiger charge is 2.41. The summed E-state index contributed by atoms with van der Waals surface area (Å²) in [7, 11) is 0. The second-order valence-electron chi connectivity index (χ2n) is 7.95. The summed E-state index contributed by atoms with van der Waals surface area (Å²) in [5.41, 5.74) is 0.869. The van der Waals surface area contributed by atoms with Gasteiger partial charge < -0.3 is 9.64 Å². The first kappa shape index (κ1) is 17.4. The number of ether oxygens (including phenoxy) is 1.